The number of anilines is 1. The molecule has 0 fully saturated rings. The van der Waals surface area contributed by atoms with Gasteiger partial charge in [0.15, 0.2) is 0 Å². The fraction of sp³-hybridized carbons (Fsp3) is 0.0714. The molecule has 1 aromatic carbocycles. The van der Waals surface area contributed by atoms with Crippen LogP contribution in [0.5, 0.6) is 5.75 Å². The predicted octanol–water partition coefficient (Wildman–Crippen LogP) is 2.21. The normalized spacial score (nSPS) is 9.47. The number of hydrogen-bond donors (Lipinski definition) is 1. The number of ether oxygens (including phenoxy) is 1. The van der Waals surface area contributed by atoms with Gasteiger partial charge < -0.3 is 10.1 Å². The number of aromatic nitrogens is 1. The van der Waals surface area contributed by atoms with Crippen molar-refractivity contribution in [2.24, 2.45) is 0 Å². The van der Waals surface area contributed by atoms with Crippen LogP contribution in [0, 0.1) is 11.3 Å². The summed E-state index contributed by atoms with van der Waals surface area (Å²) in [6.45, 7) is 0. The van der Waals surface area contributed by atoms with E-state index in [1.807, 2.05) is 6.07 Å². The molecule has 0 bridgehead atoms. The second-order valence-electron chi connectivity index (χ2n) is 3.73. The van der Waals surface area contributed by atoms with Crippen molar-refractivity contribution in [3.63, 3.8) is 0 Å². The van der Waals surface area contributed by atoms with E-state index >= 15 is 0 Å². The highest BCUT2D eigenvalue weighted by Crippen LogP contribution is 2.17. The zero-order valence-corrected chi connectivity index (χ0v) is 10.3. The molecule has 2 rings (SSSR count). The van der Waals surface area contributed by atoms with Crippen molar-refractivity contribution in [3.8, 4) is 11.8 Å². The number of nitrogens with one attached hydrogen (secondary N) is 1. The smallest absolute Gasteiger partial charge is 0.274 e. The monoisotopic (exact) mass is 253 g/mol. The van der Waals surface area contributed by atoms with Crippen LogP contribution >= 0.6 is 0 Å². The third kappa shape index (κ3) is 3.07. The molecule has 19 heavy (non-hydrogen) atoms. The van der Waals surface area contributed by atoms with Gasteiger partial charge in [0, 0.05) is 18.0 Å². The topological polar surface area (TPSA) is 75.0 Å². The van der Waals surface area contributed by atoms with E-state index in [1.165, 1.54) is 12.3 Å². The molecule has 1 heterocycles. The van der Waals surface area contributed by atoms with Gasteiger partial charge in [0.1, 0.15) is 11.4 Å². The lowest BCUT2D eigenvalue weighted by molar-refractivity contribution is 0.102. The van der Waals surface area contributed by atoms with E-state index in [4.69, 9.17) is 10.00 Å². The van der Waals surface area contributed by atoms with E-state index in [0.29, 0.717) is 17.0 Å². The Morgan fingerprint density at radius 1 is 1.37 bits per heavy atom. The fourth-order valence-electron chi connectivity index (χ4n) is 1.52. The molecule has 94 valence electrons. The lowest BCUT2D eigenvalue weighted by Crippen LogP contribution is -2.13. The molecule has 0 aliphatic heterocycles. The number of amides is 1. The SMILES string of the molecule is COc1cccc(NC(=O)c2cc(C#N)ccn2)c1. The fourth-order valence-corrected chi connectivity index (χ4v) is 1.52. The van der Waals surface area contributed by atoms with Crippen LogP contribution in [-0.2, 0) is 0 Å². The van der Waals surface area contributed by atoms with Gasteiger partial charge in [-0.2, -0.15) is 5.26 Å². The highest BCUT2D eigenvalue weighted by Gasteiger charge is 2.08. The van der Waals surface area contributed by atoms with Crippen LogP contribution in [0.3, 0.4) is 0 Å². The molecule has 2 aromatic rings. The van der Waals surface area contributed by atoms with E-state index in [9.17, 15) is 4.79 Å². The highest BCUT2D eigenvalue weighted by atomic mass is 16.5. The second kappa shape index (κ2) is 5.65. The van der Waals surface area contributed by atoms with Crippen molar-refractivity contribution < 1.29 is 9.53 Å². The molecular weight excluding hydrogens is 242 g/mol. The van der Waals surface area contributed by atoms with E-state index in [2.05, 4.69) is 10.3 Å². The minimum Gasteiger partial charge on any atom is -0.497 e. The molecule has 0 aliphatic rings. The summed E-state index contributed by atoms with van der Waals surface area (Å²) in [5.74, 6) is 0.280. The lowest BCUT2D eigenvalue weighted by atomic mass is 10.2. The standard InChI is InChI=1S/C14H11N3O2/c1-19-12-4-2-3-11(8-12)17-14(18)13-7-10(9-15)5-6-16-13/h2-8H,1H3,(H,17,18). The number of rotatable bonds is 3. The first-order valence-electron chi connectivity index (χ1n) is 5.54. The molecule has 1 amide bonds. The Kier molecular flexibility index (Phi) is 3.74. The van der Waals surface area contributed by atoms with Crippen LogP contribution in [0.25, 0.3) is 0 Å². The van der Waals surface area contributed by atoms with Gasteiger partial charge in [-0.15, -0.1) is 0 Å². The maximum atomic E-state index is 12.0. The highest BCUT2D eigenvalue weighted by molar-refractivity contribution is 6.03. The van der Waals surface area contributed by atoms with Crippen molar-refractivity contribution in [1.29, 1.82) is 5.26 Å². The van der Waals surface area contributed by atoms with Gasteiger partial charge in [0.25, 0.3) is 5.91 Å². The molecule has 5 nitrogen and oxygen atoms in total. The van der Waals surface area contributed by atoms with Crippen LogP contribution in [0.1, 0.15) is 16.1 Å². The van der Waals surface area contributed by atoms with Crippen LogP contribution in [0.4, 0.5) is 5.69 Å². The van der Waals surface area contributed by atoms with Crippen molar-refractivity contribution in [2.75, 3.05) is 12.4 Å². The maximum Gasteiger partial charge on any atom is 0.274 e. The van der Waals surface area contributed by atoms with Gasteiger partial charge in [-0.05, 0) is 24.3 Å². The van der Waals surface area contributed by atoms with E-state index in [0.717, 1.165) is 0 Å². The van der Waals surface area contributed by atoms with Gasteiger partial charge in [0.2, 0.25) is 0 Å². The van der Waals surface area contributed by atoms with Crippen molar-refractivity contribution >= 4 is 11.6 Å². The summed E-state index contributed by atoms with van der Waals surface area (Å²) in [4.78, 5) is 15.9. The summed E-state index contributed by atoms with van der Waals surface area (Å²) in [6.07, 6.45) is 1.43. The van der Waals surface area contributed by atoms with E-state index in [1.54, 1.807) is 37.4 Å². The number of methoxy groups -OCH3 is 1. The number of carbonyl (C=O) groups excluding carboxylic acids is 1. The lowest BCUT2D eigenvalue weighted by Gasteiger charge is -2.06. The summed E-state index contributed by atoms with van der Waals surface area (Å²) in [7, 11) is 1.55. The Hall–Kier alpha value is -2.87. The van der Waals surface area contributed by atoms with Crippen molar-refractivity contribution in [3.05, 3.63) is 53.9 Å². The Labute approximate surface area is 110 Å². The van der Waals surface area contributed by atoms with Gasteiger partial charge in [-0.1, -0.05) is 6.07 Å². The van der Waals surface area contributed by atoms with Crippen LogP contribution in [0.2, 0.25) is 0 Å². The van der Waals surface area contributed by atoms with Crippen LogP contribution in [0.15, 0.2) is 42.6 Å². The van der Waals surface area contributed by atoms with Crippen LogP contribution in [-0.4, -0.2) is 18.0 Å². The first-order chi connectivity index (χ1) is 9.22. The molecular formula is C14H11N3O2. The Morgan fingerprint density at radius 2 is 2.21 bits per heavy atom. The first-order valence-corrected chi connectivity index (χ1v) is 5.54. The maximum absolute atomic E-state index is 12.0. The Morgan fingerprint density at radius 3 is 2.95 bits per heavy atom. The number of pyridine rings is 1. The molecule has 0 saturated heterocycles. The zero-order valence-electron chi connectivity index (χ0n) is 10.3. The third-order valence-corrected chi connectivity index (χ3v) is 2.45. The molecule has 0 atom stereocenters. The van der Waals surface area contributed by atoms with Gasteiger partial charge >= 0.3 is 0 Å². The number of nitrogens with zero attached hydrogens (tertiary/aromatic N) is 2. The largest absolute Gasteiger partial charge is 0.497 e. The first kappa shape index (κ1) is 12.6. The minimum atomic E-state index is -0.370. The molecule has 0 aliphatic carbocycles. The number of hydrogen-bond acceptors (Lipinski definition) is 4. The molecule has 0 spiro atoms. The minimum absolute atomic E-state index is 0.196. The third-order valence-electron chi connectivity index (χ3n) is 2.45. The summed E-state index contributed by atoms with van der Waals surface area (Å²) < 4.78 is 5.07. The molecule has 5 heteroatoms. The van der Waals surface area contributed by atoms with Crippen LogP contribution < -0.4 is 10.1 Å². The number of carbonyl (C=O) groups is 1. The van der Waals surface area contributed by atoms with Crippen molar-refractivity contribution in [2.45, 2.75) is 0 Å². The molecule has 0 unspecified atom stereocenters. The summed E-state index contributed by atoms with van der Waals surface area (Å²) >= 11 is 0. The average Bonchev–Trinajstić information content (AvgIpc) is 2.47. The molecule has 1 aromatic heterocycles. The average molecular weight is 253 g/mol. The number of benzene rings is 1. The Balaban J connectivity index is 2.18. The van der Waals surface area contributed by atoms with E-state index < -0.39 is 0 Å². The molecule has 0 saturated carbocycles. The van der Waals surface area contributed by atoms with Gasteiger partial charge in [-0.3, -0.25) is 9.78 Å². The summed E-state index contributed by atoms with van der Waals surface area (Å²) in [5, 5.41) is 11.5. The quantitative estimate of drug-likeness (QED) is 0.910. The zero-order chi connectivity index (χ0) is 13.7. The summed E-state index contributed by atoms with van der Waals surface area (Å²) in [5.41, 5.74) is 1.20. The van der Waals surface area contributed by atoms with Crippen molar-refractivity contribution in [1.82, 2.24) is 4.98 Å². The predicted molar refractivity (Wildman–Crippen MR) is 69.9 cm³/mol. The Bertz CT molecular complexity index is 647. The van der Waals surface area contributed by atoms with Gasteiger partial charge in [0.05, 0.1) is 18.7 Å². The molecule has 0 radical (unpaired) electrons. The molecule has 1 N–H and O–H groups in total. The second-order valence-corrected chi connectivity index (χ2v) is 3.73. The summed E-state index contributed by atoms with van der Waals surface area (Å²) in [6, 6.07) is 11.9. The van der Waals surface area contributed by atoms with E-state index in [-0.39, 0.29) is 11.6 Å². The number of nitriles is 1. The van der Waals surface area contributed by atoms with Gasteiger partial charge in [-0.25, -0.2) is 0 Å².